The number of ether oxygens (including phenoxy) is 1. The van der Waals surface area contributed by atoms with Gasteiger partial charge in [0.25, 0.3) is 0 Å². The van der Waals surface area contributed by atoms with Gasteiger partial charge in [-0.25, -0.2) is 9.37 Å². The zero-order chi connectivity index (χ0) is 26.6. The van der Waals surface area contributed by atoms with Crippen LogP contribution in [0.2, 0.25) is 0 Å². The van der Waals surface area contributed by atoms with E-state index in [9.17, 15) is 14.4 Å². The number of aliphatic imine (C=N–C) groups is 1. The summed E-state index contributed by atoms with van der Waals surface area (Å²) < 4.78 is 21.6. The molecule has 8 nitrogen and oxygen atoms in total. The molecule has 0 amide bonds. The number of fused-ring (bicyclic) bond motifs is 5. The number of nitriles is 1. The zero-order valence-corrected chi connectivity index (χ0v) is 22.0. The lowest BCUT2D eigenvalue weighted by molar-refractivity contribution is 0.0989. The van der Waals surface area contributed by atoms with Crippen LogP contribution in [0.3, 0.4) is 0 Å². The van der Waals surface area contributed by atoms with Gasteiger partial charge in [0.05, 0.1) is 22.4 Å². The number of hydrogen-bond donors (Lipinski definition) is 1. The third-order valence-corrected chi connectivity index (χ3v) is 6.63. The van der Waals surface area contributed by atoms with E-state index in [0.717, 1.165) is 5.56 Å². The number of nitrogens with two attached hydrogens (primary N) is 1. The van der Waals surface area contributed by atoms with E-state index in [4.69, 9.17) is 10.5 Å². The van der Waals surface area contributed by atoms with Crippen LogP contribution in [0.25, 0.3) is 11.1 Å². The molecule has 0 saturated carbocycles. The van der Waals surface area contributed by atoms with Crippen molar-refractivity contribution >= 4 is 28.4 Å². The highest BCUT2D eigenvalue weighted by Crippen LogP contribution is 2.36. The van der Waals surface area contributed by atoms with E-state index < -0.39 is 11.4 Å². The van der Waals surface area contributed by atoms with E-state index in [1.807, 2.05) is 20.8 Å². The number of pyridine rings is 1. The van der Waals surface area contributed by atoms with Crippen molar-refractivity contribution in [3.63, 3.8) is 0 Å². The van der Waals surface area contributed by atoms with Gasteiger partial charge in [-0.2, -0.15) is 10.4 Å². The lowest BCUT2D eigenvalue weighted by atomic mass is 10.0. The van der Waals surface area contributed by atoms with Crippen LogP contribution >= 0.6 is 11.8 Å². The number of aromatic nitrogens is 3. The quantitative estimate of drug-likeness (QED) is 0.427. The molecular weight excluding hydrogens is 479 g/mol. The van der Waals surface area contributed by atoms with Gasteiger partial charge >= 0.3 is 0 Å². The Morgan fingerprint density at radius 1 is 1.28 bits per heavy atom. The summed E-state index contributed by atoms with van der Waals surface area (Å²) >= 11 is 1.31. The van der Waals surface area contributed by atoms with Crippen LogP contribution in [0.5, 0.6) is 5.75 Å². The average molecular weight is 509 g/mol. The Balaban J connectivity index is 0.00000176. The van der Waals surface area contributed by atoms with Crippen molar-refractivity contribution < 1.29 is 13.9 Å². The fourth-order valence-electron chi connectivity index (χ4n) is 3.86. The molecule has 0 fully saturated rings. The normalized spacial score (nSPS) is 17.6. The molecule has 0 saturated heterocycles. The molecule has 2 atom stereocenters. The number of nitrogen functional groups attached to an aromatic ring is 1. The maximum Gasteiger partial charge on any atom is 0.196 e. The number of aryl methyl sites for hydroxylation is 1. The summed E-state index contributed by atoms with van der Waals surface area (Å²) in [5.74, 6) is -0.245. The molecule has 2 bridgehead atoms. The molecule has 1 aliphatic heterocycles. The van der Waals surface area contributed by atoms with Gasteiger partial charge in [0.15, 0.2) is 17.4 Å². The van der Waals surface area contributed by atoms with Gasteiger partial charge in [-0.1, -0.05) is 19.9 Å². The van der Waals surface area contributed by atoms with Crippen molar-refractivity contribution in [2.45, 2.75) is 52.5 Å². The number of nitrogens with zero attached hydrogens (tertiary/aromatic N) is 5. The topological polar surface area (TPSA) is 119 Å². The Morgan fingerprint density at radius 2 is 2.00 bits per heavy atom. The largest absolute Gasteiger partial charge is 0.482 e. The van der Waals surface area contributed by atoms with Crippen LogP contribution in [0.15, 0.2) is 35.5 Å². The molecule has 36 heavy (non-hydrogen) atoms. The highest BCUT2D eigenvalue weighted by molar-refractivity contribution is 8.14. The van der Waals surface area contributed by atoms with Gasteiger partial charge in [0.1, 0.15) is 29.4 Å². The van der Waals surface area contributed by atoms with Crippen molar-refractivity contribution in [3.8, 4) is 22.9 Å². The van der Waals surface area contributed by atoms with Crippen molar-refractivity contribution in [1.29, 1.82) is 5.26 Å². The monoisotopic (exact) mass is 508 g/mol. The number of ketones is 1. The average Bonchev–Trinajstić information content (AvgIpc) is 3.20. The van der Waals surface area contributed by atoms with Gasteiger partial charge in [-0.05, 0) is 50.1 Å². The summed E-state index contributed by atoms with van der Waals surface area (Å²) in [5, 5.41) is 14.3. The Bertz CT molecular complexity index is 1360. The number of carbonyl (C=O) groups is 1. The van der Waals surface area contributed by atoms with Crippen LogP contribution < -0.4 is 10.5 Å². The third-order valence-electron chi connectivity index (χ3n) is 5.60. The molecule has 1 aromatic carbocycles. The summed E-state index contributed by atoms with van der Waals surface area (Å²) in [6, 6.07) is 8.23. The number of carbonyl (C=O) groups excluding carboxylic acids is 1. The molecule has 3 heterocycles. The first-order valence-corrected chi connectivity index (χ1v) is 12.5. The Morgan fingerprint density at radius 3 is 2.69 bits per heavy atom. The van der Waals surface area contributed by atoms with E-state index in [2.05, 4.69) is 21.1 Å². The summed E-state index contributed by atoms with van der Waals surface area (Å²) in [6.07, 6.45) is 0.917. The van der Waals surface area contributed by atoms with Crippen molar-refractivity contribution in [1.82, 2.24) is 14.8 Å². The summed E-state index contributed by atoms with van der Waals surface area (Å²) in [5.41, 5.74) is 8.72. The molecule has 1 unspecified atom stereocenters. The molecule has 0 radical (unpaired) electrons. The Labute approximate surface area is 214 Å². The molecule has 2 aromatic heterocycles. The summed E-state index contributed by atoms with van der Waals surface area (Å²) in [7, 11) is 1.61. The van der Waals surface area contributed by atoms with Crippen LogP contribution in [-0.4, -0.2) is 30.8 Å². The van der Waals surface area contributed by atoms with Gasteiger partial charge < -0.3 is 10.5 Å². The fourth-order valence-corrected chi connectivity index (χ4v) is 4.73. The van der Waals surface area contributed by atoms with E-state index in [-0.39, 0.29) is 34.6 Å². The molecule has 4 rings (SSSR count). The first-order valence-electron chi connectivity index (χ1n) is 11.6. The number of halogens is 1. The number of benzene rings is 1. The van der Waals surface area contributed by atoms with E-state index in [1.54, 1.807) is 33.0 Å². The van der Waals surface area contributed by atoms with E-state index >= 15 is 0 Å². The Kier molecular flexibility index (Phi) is 8.48. The number of rotatable bonds is 0. The minimum absolute atomic E-state index is 0.130. The lowest BCUT2D eigenvalue weighted by Gasteiger charge is -2.19. The maximum atomic E-state index is 14.1. The van der Waals surface area contributed by atoms with Gasteiger partial charge in [-0.3, -0.25) is 14.5 Å². The second kappa shape index (κ2) is 11.4. The van der Waals surface area contributed by atoms with Gasteiger partial charge in [-0.15, -0.1) is 11.8 Å². The second-order valence-electron chi connectivity index (χ2n) is 7.98. The minimum atomic E-state index is -0.567. The van der Waals surface area contributed by atoms with E-state index in [0.29, 0.717) is 28.3 Å². The fraction of sp³-hybridized carbons (Fsp3) is 0.346. The predicted molar refractivity (Wildman–Crippen MR) is 141 cm³/mol. The third kappa shape index (κ3) is 5.41. The van der Waals surface area contributed by atoms with Crippen molar-refractivity contribution in [2.75, 3.05) is 5.73 Å². The van der Waals surface area contributed by atoms with Gasteiger partial charge in [0, 0.05) is 18.8 Å². The zero-order valence-electron chi connectivity index (χ0n) is 21.2. The van der Waals surface area contributed by atoms with Crippen LogP contribution in [0.4, 0.5) is 10.2 Å². The molecule has 10 heteroatoms. The first kappa shape index (κ1) is 26.9. The smallest absolute Gasteiger partial charge is 0.196 e. The highest BCUT2D eigenvalue weighted by Gasteiger charge is 2.28. The lowest BCUT2D eigenvalue weighted by Crippen LogP contribution is -2.17. The number of hydrogen-bond acceptors (Lipinski definition) is 8. The predicted octanol–water partition coefficient (Wildman–Crippen LogP) is 5.48. The van der Waals surface area contributed by atoms with Gasteiger partial charge in [0.2, 0.25) is 0 Å². The number of anilines is 1. The summed E-state index contributed by atoms with van der Waals surface area (Å²) in [6.45, 7) is 9.68. The molecule has 2 N–H and O–H groups in total. The number of thioether (sulfide) groups is 1. The molecule has 0 spiro atoms. The van der Waals surface area contributed by atoms with E-state index in [1.165, 1.54) is 34.8 Å². The second-order valence-corrected chi connectivity index (χ2v) is 9.51. The summed E-state index contributed by atoms with van der Waals surface area (Å²) in [4.78, 5) is 22.2. The molecular formula is C26H29FN6O2S. The Hall–Kier alpha value is -3.71. The molecule has 188 valence electrons. The first-order chi connectivity index (χ1) is 17.2. The van der Waals surface area contributed by atoms with Crippen LogP contribution in [0, 0.1) is 17.1 Å². The number of Topliss-reactive ketones (excluding diaryl/α,β-unsaturated/α-hetero) is 1. The van der Waals surface area contributed by atoms with Crippen LogP contribution in [-0.2, 0) is 13.6 Å². The molecule has 1 aliphatic rings. The highest BCUT2D eigenvalue weighted by atomic mass is 32.2. The molecule has 3 aromatic rings. The van der Waals surface area contributed by atoms with Crippen molar-refractivity contribution in [2.24, 2.45) is 12.0 Å². The molecule has 0 aliphatic carbocycles. The minimum Gasteiger partial charge on any atom is -0.482 e. The standard InChI is InChI=1S/C24H23FN6O2S.C2H6/c1-12-18-8-17(25)6-5-15(18)10-28-14(3)34-13(2)23(32)22-21(19(9-26)31(4)30-22)16-7-20(33-12)24(27)29-11-16;1-2/h5-8,11-13H,10H2,1-4H3,(H2,27,29);1-2H3/t12-,13?;/m1./s1. The van der Waals surface area contributed by atoms with Crippen LogP contribution in [0.1, 0.15) is 68.0 Å². The van der Waals surface area contributed by atoms with Crippen molar-refractivity contribution in [3.05, 3.63) is 58.8 Å². The SMILES string of the molecule is CC.CC1=NCc2ccc(F)cc2[C@@H](C)Oc2cc(cnc2N)-c2c(nn(C)c2C#N)C(=O)C(C)S1. The maximum absolute atomic E-state index is 14.1.